The summed E-state index contributed by atoms with van der Waals surface area (Å²) in [4.78, 5) is 11.4. The van der Waals surface area contributed by atoms with Crippen LogP contribution >= 0.6 is 15.9 Å². The van der Waals surface area contributed by atoms with Crippen molar-refractivity contribution in [3.63, 3.8) is 0 Å². The Morgan fingerprint density at radius 1 is 1.32 bits per heavy atom. The summed E-state index contributed by atoms with van der Waals surface area (Å²) < 4.78 is 6.93. The van der Waals surface area contributed by atoms with E-state index in [2.05, 4.69) is 50.7 Å². The van der Waals surface area contributed by atoms with Crippen LogP contribution in [0.15, 0.2) is 29.0 Å². The molecule has 0 spiro atoms. The second-order valence-electron chi connectivity index (χ2n) is 6.26. The standard InChI is InChI=1S/C17H22BrN3O/c1-12(2)11-22-14-4-7-21(8-5-14)16-3-6-19-15-9-13(18)10-20-17(15)16/h3,6,9-10,12,14H,4-5,7-8,11H2,1-2H3. The molecule has 0 unspecified atom stereocenters. The maximum atomic E-state index is 5.97. The number of hydrogen-bond acceptors (Lipinski definition) is 4. The van der Waals surface area contributed by atoms with E-state index in [9.17, 15) is 0 Å². The molecule has 3 heterocycles. The highest BCUT2D eigenvalue weighted by atomic mass is 79.9. The molecule has 0 amide bonds. The van der Waals surface area contributed by atoms with Crippen LogP contribution in [0.25, 0.3) is 11.0 Å². The number of rotatable bonds is 4. The van der Waals surface area contributed by atoms with E-state index in [1.807, 2.05) is 18.5 Å². The summed E-state index contributed by atoms with van der Waals surface area (Å²) in [5.74, 6) is 0.602. The summed E-state index contributed by atoms with van der Waals surface area (Å²) in [5.41, 5.74) is 3.09. The summed E-state index contributed by atoms with van der Waals surface area (Å²) >= 11 is 3.46. The molecular weight excluding hydrogens is 342 g/mol. The molecule has 1 fully saturated rings. The minimum Gasteiger partial charge on any atom is -0.378 e. The number of pyridine rings is 2. The third kappa shape index (κ3) is 3.58. The fourth-order valence-corrected chi connectivity index (χ4v) is 3.16. The van der Waals surface area contributed by atoms with Crippen molar-refractivity contribution in [1.29, 1.82) is 0 Å². The van der Waals surface area contributed by atoms with E-state index in [0.717, 1.165) is 48.0 Å². The van der Waals surface area contributed by atoms with Crippen LogP contribution in [0.3, 0.4) is 0 Å². The lowest BCUT2D eigenvalue weighted by Crippen LogP contribution is -2.37. The van der Waals surface area contributed by atoms with Gasteiger partial charge in [0.1, 0.15) is 5.52 Å². The molecule has 0 aliphatic carbocycles. The minimum absolute atomic E-state index is 0.397. The van der Waals surface area contributed by atoms with Crippen LogP contribution in [0, 0.1) is 5.92 Å². The lowest BCUT2D eigenvalue weighted by atomic mass is 10.1. The van der Waals surface area contributed by atoms with E-state index in [4.69, 9.17) is 4.74 Å². The zero-order valence-electron chi connectivity index (χ0n) is 13.1. The molecule has 0 bridgehead atoms. The van der Waals surface area contributed by atoms with Gasteiger partial charge in [-0.15, -0.1) is 0 Å². The molecule has 1 saturated heterocycles. The number of nitrogens with zero attached hydrogens (tertiary/aromatic N) is 3. The number of hydrogen-bond donors (Lipinski definition) is 0. The van der Waals surface area contributed by atoms with Crippen LogP contribution in [-0.2, 0) is 4.74 Å². The van der Waals surface area contributed by atoms with E-state index in [1.54, 1.807) is 0 Å². The third-order valence-corrected chi connectivity index (χ3v) is 4.40. The fourth-order valence-electron chi connectivity index (χ4n) is 2.84. The van der Waals surface area contributed by atoms with Gasteiger partial charge in [-0.2, -0.15) is 0 Å². The second-order valence-corrected chi connectivity index (χ2v) is 7.18. The van der Waals surface area contributed by atoms with Gasteiger partial charge < -0.3 is 9.64 Å². The van der Waals surface area contributed by atoms with Crippen molar-refractivity contribution in [3.05, 3.63) is 29.0 Å². The molecule has 0 saturated carbocycles. The van der Waals surface area contributed by atoms with Gasteiger partial charge in [0.25, 0.3) is 0 Å². The first-order valence-electron chi connectivity index (χ1n) is 7.90. The first-order chi connectivity index (χ1) is 10.6. The Bertz CT molecular complexity index is 639. The zero-order chi connectivity index (χ0) is 15.5. The molecule has 22 heavy (non-hydrogen) atoms. The van der Waals surface area contributed by atoms with Gasteiger partial charge in [-0.1, -0.05) is 13.8 Å². The molecule has 2 aromatic rings. The monoisotopic (exact) mass is 363 g/mol. The van der Waals surface area contributed by atoms with Gasteiger partial charge in [0.15, 0.2) is 0 Å². The van der Waals surface area contributed by atoms with Crippen molar-refractivity contribution in [2.45, 2.75) is 32.8 Å². The van der Waals surface area contributed by atoms with Crippen molar-refractivity contribution >= 4 is 32.7 Å². The highest BCUT2D eigenvalue weighted by molar-refractivity contribution is 9.10. The number of halogens is 1. The van der Waals surface area contributed by atoms with Gasteiger partial charge in [0.05, 0.1) is 17.3 Å². The third-order valence-electron chi connectivity index (χ3n) is 3.97. The predicted molar refractivity (Wildman–Crippen MR) is 93.3 cm³/mol. The molecule has 0 N–H and O–H groups in total. The summed E-state index contributed by atoms with van der Waals surface area (Å²) in [7, 11) is 0. The first-order valence-corrected chi connectivity index (χ1v) is 8.69. The second kappa shape index (κ2) is 6.92. The highest BCUT2D eigenvalue weighted by Gasteiger charge is 2.21. The van der Waals surface area contributed by atoms with Crippen molar-refractivity contribution in [2.24, 2.45) is 5.92 Å². The number of ether oxygens (including phenoxy) is 1. The van der Waals surface area contributed by atoms with E-state index in [0.29, 0.717) is 12.0 Å². The van der Waals surface area contributed by atoms with Crippen molar-refractivity contribution in [1.82, 2.24) is 9.97 Å². The van der Waals surface area contributed by atoms with E-state index in [-0.39, 0.29) is 0 Å². The molecule has 1 aliphatic rings. The van der Waals surface area contributed by atoms with Crippen LogP contribution in [-0.4, -0.2) is 35.8 Å². The van der Waals surface area contributed by atoms with Crippen molar-refractivity contribution < 1.29 is 4.74 Å². The number of fused-ring (bicyclic) bond motifs is 1. The summed E-state index contributed by atoms with van der Waals surface area (Å²) in [6.45, 7) is 7.28. The topological polar surface area (TPSA) is 38.2 Å². The largest absolute Gasteiger partial charge is 0.378 e. The summed E-state index contributed by atoms with van der Waals surface area (Å²) in [6.07, 6.45) is 6.26. The molecule has 0 aromatic carbocycles. The predicted octanol–water partition coefficient (Wildman–Crippen LogP) is 4.03. The van der Waals surface area contributed by atoms with Gasteiger partial charge in [-0.05, 0) is 46.8 Å². The van der Waals surface area contributed by atoms with E-state index in [1.165, 1.54) is 5.69 Å². The van der Waals surface area contributed by atoms with Crippen LogP contribution in [0.4, 0.5) is 5.69 Å². The normalized spacial score (nSPS) is 16.6. The first kappa shape index (κ1) is 15.7. The van der Waals surface area contributed by atoms with Crippen LogP contribution in [0.5, 0.6) is 0 Å². The minimum atomic E-state index is 0.397. The fraction of sp³-hybridized carbons (Fsp3) is 0.529. The van der Waals surface area contributed by atoms with E-state index < -0.39 is 0 Å². The molecule has 2 aromatic heterocycles. The molecule has 118 valence electrons. The highest BCUT2D eigenvalue weighted by Crippen LogP contribution is 2.28. The Morgan fingerprint density at radius 2 is 2.09 bits per heavy atom. The maximum absolute atomic E-state index is 5.97. The SMILES string of the molecule is CC(C)COC1CCN(c2ccnc3cc(Br)cnc23)CC1. The Hall–Kier alpha value is -1.20. The van der Waals surface area contributed by atoms with E-state index >= 15 is 0 Å². The average molecular weight is 364 g/mol. The van der Waals surface area contributed by atoms with Crippen molar-refractivity contribution in [2.75, 3.05) is 24.6 Å². The lowest BCUT2D eigenvalue weighted by molar-refractivity contribution is 0.0215. The average Bonchev–Trinajstić information content (AvgIpc) is 2.52. The van der Waals surface area contributed by atoms with Crippen LogP contribution in [0.2, 0.25) is 0 Å². The maximum Gasteiger partial charge on any atom is 0.112 e. The molecule has 3 rings (SSSR count). The van der Waals surface area contributed by atoms with Gasteiger partial charge >= 0.3 is 0 Å². The smallest absolute Gasteiger partial charge is 0.112 e. The van der Waals surface area contributed by atoms with Gasteiger partial charge in [0.2, 0.25) is 0 Å². The number of aromatic nitrogens is 2. The van der Waals surface area contributed by atoms with Crippen LogP contribution < -0.4 is 4.90 Å². The van der Waals surface area contributed by atoms with Gasteiger partial charge in [0, 0.05) is 36.6 Å². The summed E-state index contributed by atoms with van der Waals surface area (Å²) in [5, 5.41) is 0. The van der Waals surface area contributed by atoms with Crippen molar-refractivity contribution in [3.8, 4) is 0 Å². The Kier molecular flexibility index (Phi) is 4.93. The molecular formula is C17H22BrN3O. The van der Waals surface area contributed by atoms with Crippen LogP contribution in [0.1, 0.15) is 26.7 Å². The number of piperidine rings is 1. The van der Waals surface area contributed by atoms with Gasteiger partial charge in [-0.3, -0.25) is 9.97 Å². The molecule has 4 nitrogen and oxygen atoms in total. The quantitative estimate of drug-likeness (QED) is 0.821. The summed E-state index contributed by atoms with van der Waals surface area (Å²) in [6, 6.07) is 4.09. The molecule has 0 radical (unpaired) electrons. The molecule has 0 atom stereocenters. The Balaban J connectivity index is 1.71. The Labute approximate surface area is 140 Å². The van der Waals surface area contributed by atoms with Gasteiger partial charge in [-0.25, -0.2) is 0 Å². The number of anilines is 1. The zero-order valence-corrected chi connectivity index (χ0v) is 14.7. The molecule has 1 aliphatic heterocycles. The molecule has 5 heteroatoms. The lowest BCUT2D eigenvalue weighted by Gasteiger charge is -2.34. The Morgan fingerprint density at radius 3 is 2.82 bits per heavy atom.